The van der Waals surface area contributed by atoms with E-state index < -0.39 is 0 Å². The topological polar surface area (TPSA) is 87.6 Å². The summed E-state index contributed by atoms with van der Waals surface area (Å²) < 4.78 is 18.4. The van der Waals surface area contributed by atoms with Crippen molar-refractivity contribution in [3.05, 3.63) is 47.8 Å². The first-order valence-electron chi connectivity index (χ1n) is 9.39. The minimum atomic E-state index is -0.266. The highest BCUT2D eigenvalue weighted by Gasteiger charge is 2.20. The molecule has 150 valence electrons. The number of carbonyl (C=O) groups is 1. The van der Waals surface area contributed by atoms with Gasteiger partial charge in [-0.1, -0.05) is 12.1 Å². The molecule has 1 aromatic heterocycles. The fourth-order valence-electron chi connectivity index (χ4n) is 3.17. The van der Waals surface area contributed by atoms with E-state index in [-0.39, 0.29) is 36.4 Å². The van der Waals surface area contributed by atoms with E-state index in [9.17, 15) is 14.3 Å². The predicted molar refractivity (Wildman–Crippen MR) is 102 cm³/mol. The lowest BCUT2D eigenvalue weighted by molar-refractivity contribution is -0.124. The Bertz CT molecular complexity index is 762. The molecule has 1 aromatic carbocycles. The number of nitrogens with one attached hydrogen (secondary N) is 1. The summed E-state index contributed by atoms with van der Waals surface area (Å²) in [6, 6.07) is 9.80. The lowest BCUT2D eigenvalue weighted by Crippen LogP contribution is -2.40. The molecule has 1 aliphatic carbocycles. The number of carbonyl (C=O) groups excluding carboxylic acids is 1. The van der Waals surface area contributed by atoms with Gasteiger partial charge in [-0.25, -0.2) is 4.39 Å². The summed E-state index contributed by atoms with van der Waals surface area (Å²) in [4.78, 5) is 13.9. The average Bonchev–Trinajstić information content (AvgIpc) is 2.70. The molecule has 0 aliphatic heterocycles. The first kappa shape index (κ1) is 20.0. The van der Waals surface area contributed by atoms with Crippen molar-refractivity contribution in [2.75, 3.05) is 18.6 Å². The predicted octanol–water partition coefficient (Wildman–Crippen LogP) is 2.05. The fourth-order valence-corrected chi connectivity index (χ4v) is 3.17. The van der Waals surface area contributed by atoms with E-state index in [2.05, 4.69) is 15.5 Å². The minimum Gasteiger partial charge on any atom is -0.466 e. The number of anilines is 1. The maximum absolute atomic E-state index is 13.0. The summed E-state index contributed by atoms with van der Waals surface area (Å²) in [6.07, 6.45) is 2.73. The van der Waals surface area contributed by atoms with Crippen LogP contribution in [-0.2, 0) is 11.3 Å². The van der Waals surface area contributed by atoms with E-state index in [1.807, 2.05) is 11.9 Å². The Morgan fingerprint density at radius 2 is 1.89 bits per heavy atom. The van der Waals surface area contributed by atoms with Crippen molar-refractivity contribution >= 4 is 11.7 Å². The zero-order valence-corrected chi connectivity index (χ0v) is 15.8. The highest BCUT2D eigenvalue weighted by Crippen LogP contribution is 2.18. The molecule has 7 nitrogen and oxygen atoms in total. The van der Waals surface area contributed by atoms with Gasteiger partial charge in [-0.15, -0.1) is 10.2 Å². The number of aromatic nitrogens is 2. The highest BCUT2D eigenvalue weighted by atomic mass is 19.1. The van der Waals surface area contributed by atoms with Crippen LogP contribution in [0, 0.1) is 5.82 Å². The molecule has 1 heterocycles. The zero-order chi connectivity index (χ0) is 19.9. The summed E-state index contributed by atoms with van der Waals surface area (Å²) in [7, 11) is 1.86. The molecule has 2 N–H and O–H groups in total. The molecule has 1 saturated carbocycles. The van der Waals surface area contributed by atoms with Gasteiger partial charge in [0.2, 0.25) is 5.88 Å². The first-order valence-corrected chi connectivity index (χ1v) is 9.39. The van der Waals surface area contributed by atoms with Gasteiger partial charge in [0.15, 0.2) is 12.4 Å². The van der Waals surface area contributed by atoms with Gasteiger partial charge in [0.25, 0.3) is 5.91 Å². The Labute approximate surface area is 163 Å². The number of ether oxygens (including phenoxy) is 1. The van der Waals surface area contributed by atoms with Crippen molar-refractivity contribution in [1.29, 1.82) is 0 Å². The third kappa shape index (κ3) is 5.88. The van der Waals surface area contributed by atoms with E-state index in [1.54, 1.807) is 24.3 Å². The molecule has 8 heteroatoms. The summed E-state index contributed by atoms with van der Waals surface area (Å²) >= 11 is 0. The van der Waals surface area contributed by atoms with Gasteiger partial charge in [-0.3, -0.25) is 4.79 Å². The number of rotatable bonds is 7. The number of amides is 1. The van der Waals surface area contributed by atoms with Crippen LogP contribution in [-0.4, -0.2) is 47.0 Å². The highest BCUT2D eigenvalue weighted by molar-refractivity contribution is 5.77. The Balaban J connectivity index is 1.44. The van der Waals surface area contributed by atoms with Crippen LogP contribution in [0.1, 0.15) is 31.2 Å². The van der Waals surface area contributed by atoms with Crippen molar-refractivity contribution in [2.24, 2.45) is 0 Å². The third-order valence-electron chi connectivity index (χ3n) is 4.76. The summed E-state index contributed by atoms with van der Waals surface area (Å²) in [5, 5.41) is 20.5. The van der Waals surface area contributed by atoms with Crippen molar-refractivity contribution in [2.45, 2.75) is 44.4 Å². The molecule has 0 unspecified atom stereocenters. The number of nitrogens with zero attached hydrogens (tertiary/aromatic N) is 3. The molecule has 28 heavy (non-hydrogen) atoms. The van der Waals surface area contributed by atoms with Crippen LogP contribution in [0.3, 0.4) is 0 Å². The maximum Gasteiger partial charge on any atom is 0.258 e. The molecule has 0 saturated heterocycles. The lowest BCUT2D eigenvalue weighted by atomic mass is 9.93. The quantitative estimate of drug-likeness (QED) is 0.755. The number of benzene rings is 1. The molecule has 2 aromatic rings. The molecule has 1 aliphatic rings. The SMILES string of the molecule is CN(Cc1ccc(F)cc1)c1ccc(OCC(=O)NC2CCC(O)CC2)nn1. The van der Waals surface area contributed by atoms with Crippen LogP contribution in [0.5, 0.6) is 5.88 Å². The molecule has 1 amide bonds. The molecular weight excluding hydrogens is 363 g/mol. The normalized spacial score (nSPS) is 19.1. The van der Waals surface area contributed by atoms with Crippen molar-refractivity contribution in [3.63, 3.8) is 0 Å². The van der Waals surface area contributed by atoms with Crippen LogP contribution in [0.2, 0.25) is 0 Å². The molecule has 0 atom stereocenters. The van der Waals surface area contributed by atoms with E-state index in [0.717, 1.165) is 18.4 Å². The largest absolute Gasteiger partial charge is 0.466 e. The number of aliphatic hydroxyl groups is 1. The van der Waals surface area contributed by atoms with Crippen LogP contribution < -0.4 is 15.0 Å². The molecular formula is C20H25FN4O3. The van der Waals surface area contributed by atoms with Crippen molar-refractivity contribution < 1.29 is 19.0 Å². The van der Waals surface area contributed by atoms with E-state index in [4.69, 9.17) is 4.74 Å². The second kappa shape index (κ2) is 9.45. The van der Waals surface area contributed by atoms with Crippen LogP contribution in [0.15, 0.2) is 36.4 Å². The number of aliphatic hydroxyl groups excluding tert-OH is 1. The van der Waals surface area contributed by atoms with Crippen LogP contribution >= 0.6 is 0 Å². The number of hydrogen-bond acceptors (Lipinski definition) is 6. The second-order valence-electron chi connectivity index (χ2n) is 7.07. The summed E-state index contributed by atoms with van der Waals surface area (Å²) in [6.45, 7) is 0.437. The summed E-state index contributed by atoms with van der Waals surface area (Å²) in [5.41, 5.74) is 0.956. The average molecular weight is 388 g/mol. The molecule has 0 spiro atoms. The molecule has 0 radical (unpaired) electrons. The van der Waals surface area contributed by atoms with Gasteiger partial charge in [0.05, 0.1) is 6.10 Å². The van der Waals surface area contributed by atoms with Crippen molar-refractivity contribution in [1.82, 2.24) is 15.5 Å². The van der Waals surface area contributed by atoms with E-state index in [0.29, 0.717) is 25.2 Å². The number of halogens is 1. The fraction of sp³-hybridized carbons (Fsp3) is 0.450. The molecule has 1 fully saturated rings. The Morgan fingerprint density at radius 1 is 1.18 bits per heavy atom. The van der Waals surface area contributed by atoms with Gasteiger partial charge >= 0.3 is 0 Å². The summed E-state index contributed by atoms with van der Waals surface area (Å²) in [5.74, 6) is 0.438. The van der Waals surface area contributed by atoms with Gasteiger partial charge in [-0.05, 0) is 49.4 Å². The third-order valence-corrected chi connectivity index (χ3v) is 4.76. The van der Waals surface area contributed by atoms with Crippen molar-refractivity contribution in [3.8, 4) is 5.88 Å². The van der Waals surface area contributed by atoms with Gasteiger partial charge in [0, 0.05) is 25.7 Å². The van der Waals surface area contributed by atoms with Crippen LogP contribution in [0.4, 0.5) is 10.2 Å². The molecule has 0 bridgehead atoms. The second-order valence-corrected chi connectivity index (χ2v) is 7.07. The van der Waals surface area contributed by atoms with Gasteiger partial charge < -0.3 is 20.1 Å². The standard InChI is InChI=1S/C20H25FN4O3/c1-25(12-14-2-4-15(21)5-3-14)18-10-11-20(24-23-18)28-13-19(27)22-16-6-8-17(26)9-7-16/h2-5,10-11,16-17,26H,6-9,12-13H2,1H3,(H,22,27). The maximum atomic E-state index is 13.0. The monoisotopic (exact) mass is 388 g/mol. The van der Waals surface area contributed by atoms with E-state index in [1.165, 1.54) is 12.1 Å². The van der Waals surface area contributed by atoms with Gasteiger partial charge in [-0.2, -0.15) is 0 Å². The lowest BCUT2D eigenvalue weighted by Gasteiger charge is -2.26. The minimum absolute atomic E-state index is 0.0908. The zero-order valence-electron chi connectivity index (χ0n) is 15.8. The Hall–Kier alpha value is -2.74. The van der Waals surface area contributed by atoms with Gasteiger partial charge in [0.1, 0.15) is 5.82 Å². The Morgan fingerprint density at radius 3 is 2.54 bits per heavy atom. The molecule has 3 rings (SSSR count). The smallest absolute Gasteiger partial charge is 0.258 e. The number of hydrogen-bond donors (Lipinski definition) is 2. The van der Waals surface area contributed by atoms with E-state index >= 15 is 0 Å². The Kier molecular flexibility index (Phi) is 6.76. The first-order chi connectivity index (χ1) is 13.5. The van der Waals surface area contributed by atoms with Crippen LogP contribution in [0.25, 0.3) is 0 Å².